The number of aliphatic hydroxyl groups excluding tert-OH is 1. The quantitative estimate of drug-likeness (QED) is 0.793. The van der Waals surface area contributed by atoms with Crippen molar-refractivity contribution in [1.82, 2.24) is 10.6 Å². The lowest BCUT2D eigenvalue weighted by Crippen LogP contribution is -2.38. The third kappa shape index (κ3) is 3.29. The molecule has 20 heavy (non-hydrogen) atoms. The molecule has 1 atom stereocenters. The Hall–Kier alpha value is -1.59. The smallest absolute Gasteiger partial charge is 0.314 e. The number of hydrogen-bond acceptors (Lipinski definition) is 3. The molecule has 1 unspecified atom stereocenters. The minimum Gasteiger partial charge on any atom is -0.386 e. The minimum atomic E-state index is -0.654. The van der Waals surface area contributed by atoms with E-state index >= 15 is 0 Å². The lowest BCUT2D eigenvalue weighted by molar-refractivity contribution is 0.176. The molecule has 3 N–H and O–H groups in total. The van der Waals surface area contributed by atoms with Gasteiger partial charge in [0.05, 0.1) is 6.54 Å². The summed E-state index contributed by atoms with van der Waals surface area (Å²) in [4.78, 5) is 12.4. The Morgan fingerprint density at radius 2 is 2.15 bits per heavy atom. The Morgan fingerprint density at radius 1 is 1.35 bits per heavy atom. The van der Waals surface area contributed by atoms with E-state index in [0.29, 0.717) is 5.92 Å². The zero-order valence-corrected chi connectivity index (χ0v) is 12.0. The fourth-order valence-corrected chi connectivity index (χ4v) is 3.13. The van der Waals surface area contributed by atoms with Crippen molar-refractivity contribution in [3.63, 3.8) is 0 Å². The Labute approximate surface area is 121 Å². The van der Waals surface area contributed by atoms with Gasteiger partial charge in [-0.15, -0.1) is 11.3 Å². The molecule has 0 radical (unpaired) electrons. The van der Waals surface area contributed by atoms with Gasteiger partial charge in [-0.3, -0.25) is 0 Å². The molecule has 1 aliphatic carbocycles. The number of amides is 2. The fourth-order valence-electron chi connectivity index (χ4n) is 2.08. The van der Waals surface area contributed by atoms with Crippen molar-refractivity contribution in [3.05, 3.63) is 35.2 Å². The zero-order valence-electron chi connectivity index (χ0n) is 11.1. The van der Waals surface area contributed by atoms with Gasteiger partial charge in [-0.1, -0.05) is 18.2 Å². The molecule has 3 rings (SSSR count). The van der Waals surface area contributed by atoms with Crippen LogP contribution in [0.1, 0.15) is 23.8 Å². The number of benzene rings is 1. The van der Waals surface area contributed by atoms with Crippen LogP contribution in [-0.2, 0) is 0 Å². The minimum absolute atomic E-state index is 0.197. The third-order valence-electron chi connectivity index (χ3n) is 3.48. The number of carbonyl (C=O) groups is 1. The maximum atomic E-state index is 11.6. The van der Waals surface area contributed by atoms with Crippen LogP contribution in [0.2, 0.25) is 0 Å². The van der Waals surface area contributed by atoms with Crippen molar-refractivity contribution >= 4 is 27.5 Å². The van der Waals surface area contributed by atoms with Gasteiger partial charge in [-0.25, -0.2) is 4.79 Å². The average molecular weight is 290 g/mol. The molecule has 1 aliphatic rings. The summed E-state index contributed by atoms with van der Waals surface area (Å²) in [6.45, 7) is 0.980. The molecule has 0 spiro atoms. The summed E-state index contributed by atoms with van der Waals surface area (Å²) in [5.41, 5.74) is 0. The maximum absolute atomic E-state index is 11.6. The van der Waals surface area contributed by atoms with E-state index in [4.69, 9.17) is 0 Å². The Bertz CT molecular complexity index is 574. The number of hydrogen-bond donors (Lipinski definition) is 3. The van der Waals surface area contributed by atoms with E-state index in [1.54, 1.807) is 11.3 Å². The number of nitrogens with one attached hydrogen (secondary N) is 2. The number of carbonyl (C=O) groups excluding carboxylic acids is 1. The summed E-state index contributed by atoms with van der Waals surface area (Å²) in [5.74, 6) is 0.660. The van der Waals surface area contributed by atoms with Gasteiger partial charge in [-0.05, 0) is 36.3 Å². The van der Waals surface area contributed by atoms with Crippen molar-refractivity contribution in [2.45, 2.75) is 18.9 Å². The Balaban J connectivity index is 1.52. The topological polar surface area (TPSA) is 61.4 Å². The maximum Gasteiger partial charge on any atom is 0.314 e. The van der Waals surface area contributed by atoms with Gasteiger partial charge >= 0.3 is 6.03 Å². The van der Waals surface area contributed by atoms with Crippen LogP contribution in [0.15, 0.2) is 30.3 Å². The second-order valence-corrected chi connectivity index (χ2v) is 6.35. The largest absolute Gasteiger partial charge is 0.386 e. The van der Waals surface area contributed by atoms with Crippen molar-refractivity contribution < 1.29 is 9.90 Å². The monoisotopic (exact) mass is 290 g/mol. The van der Waals surface area contributed by atoms with Gasteiger partial charge in [0.25, 0.3) is 0 Å². The Kier molecular flexibility index (Phi) is 3.89. The van der Waals surface area contributed by atoms with Gasteiger partial charge in [0.2, 0.25) is 0 Å². The number of rotatable bonds is 5. The number of fused-ring (bicyclic) bond motifs is 1. The highest BCUT2D eigenvalue weighted by molar-refractivity contribution is 7.19. The lowest BCUT2D eigenvalue weighted by Gasteiger charge is -2.11. The highest BCUT2D eigenvalue weighted by Gasteiger charge is 2.21. The molecule has 1 aromatic heterocycles. The first-order valence-corrected chi connectivity index (χ1v) is 7.72. The molecular weight excluding hydrogens is 272 g/mol. The molecule has 1 fully saturated rings. The highest BCUT2D eigenvalue weighted by Crippen LogP contribution is 2.29. The SMILES string of the molecule is O=C(NCC1CC1)NCC(O)c1cc2ccccc2s1. The van der Waals surface area contributed by atoms with Gasteiger partial charge in [0.15, 0.2) is 0 Å². The van der Waals surface area contributed by atoms with Gasteiger partial charge in [0.1, 0.15) is 6.10 Å². The fraction of sp³-hybridized carbons (Fsp3) is 0.400. The molecule has 1 saturated carbocycles. The van der Waals surface area contributed by atoms with Crippen LogP contribution >= 0.6 is 11.3 Å². The van der Waals surface area contributed by atoms with E-state index in [9.17, 15) is 9.90 Å². The summed E-state index contributed by atoms with van der Waals surface area (Å²) < 4.78 is 1.15. The summed E-state index contributed by atoms with van der Waals surface area (Å²) in [7, 11) is 0. The number of urea groups is 1. The second-order valence-electron chi connectivity index (χ2n) is 5.24. The van der Waals surface area contributed by atoms with Crippen molar-refractivity contribution in [1.29, 1.82) is 0 Å². The molecule has 0 aliphatic heterocycles. The first kappa shape index (κ1) is 13.4. The second kappa shape index (κ2) is 5.81. The molecule has 1 heterocycles. The van der Waals surface area contributed by atoms with Crippen LogP contribution in [0.4, 0.5) is 4.79 Å². The normalized spacial score (nSPS) is 16.1. The number of aliphatic hydroxyl groups is 1. The van der Waals surface area contributed by atoms with E-state index in [-0.39, 0.29) is 12.6 Å². The van der Waals surface area contributed by atoms with Crippen LogP contribution in [0, 0.1) is 5.92 Å². The van der Waals surface area contributed by atoms with Gasteiger partial charge in [-0.2, -0.15) is 0 Å². The average Bonchev–Trinajstić information content (AvgIpc) is 3.19. The predicted molar refractivity (Wildman–Crippen MR) is 80.9 cm³/mol. The summed E-state index contributed by atoms with van der Waals surface area (Å²) in [6.07, 6.45) is 1.77. The van der Waals surface area contributed by atoms with E-state index in [1.165, 1.54) is 12.8 Å². The molecule has 2 amide bonds. The van der Waals surface area contributed by atoms with Gasteiger partial charge < -0.3 is 15.7 Å². The molecule has 5 heteroatoms. The molecule has 106 valence electrons. The summed E-state index contributed by atoms with van der Waals surface area (Å²) >= 11 is 1.56. The standard InChI is InChI=1S/C15H18N2O2S/c18-12(9-17-15(19)16-8-10-5-6-10)14-7-11-3-1-2-4-13(11)20-14/h1-4,7,10,12,18H,5-6,8-9H2,(H2,16,17,19). The van der Waals surface area contributed by atoms with E-state index in [0.717, 1.165) is 21.5 Å². The van der Waals surface area contributed by atoms with E-state index in [1.807, 2.05) is 30.3 Å². The number of thiophene rings is 1. The molecule has 0 bridgehead atoms. The summed E-state index contributed by atoms with van der Waals surface area (Å²) in [5, 5.41) is 16.8. The molecular formula is C15H18N2O2S. The zero-order chi connectivity index (χ0) is 13.9. The molecule has 1 aromatic carbocycles. The van der Waals surface area contributed by atoms with Crippen LogP contribution in [0.5, 0.6) is 0 Å². The highest BCUT2D eigenvalue weighted by atomic mass is 32.1. The predicted octanol–water partition coefficient (Wildman–Crippen LogP) is 2.64. The summed E-state index contributed by atoms with van der Waals surface area (Å²) in [6, 6.07) is 9.81. The van der Waals surface area contributed by atoms with Crippen molar-refractivity contribution in [3.8, 4) is 0 Å². The molecule has 0 saturated heterocycles. The van der Waals surface area contributed by atoms with Crippen LogP contribution in [0.25, 0.3) is 10.1 Å². The van der Waals surface area contributed by atoms with Crippen molar-refractivity contribution in [2.75, 3.05) is 13.1 Å². The first-order chi connectivity index (χ1) is 9.72. The van der Waals surface area contributed by atoms with E-state index in [2.05, 4.69) is 10.6 Å². The molecule has 4 nitrogen and oxygen atoms in total. The van der Waals surface area contributed by atoms with Gasteiger partial charge in [0, 0.05) is 16.1 Å². The molecule has 2 aromatic rings. The van der Waals surface area contributed by atoms with Crippen LogP contribution < -0.4 is 10.6 Å². The van der Waals surface area contributed by atoms with Crippen LogP contribution in [-0.4, -0.2) is 24.2 Å². The van der Waals surface area contributed by atoms with Crippen molar-refractivity contribution in [2.24, 2.45) is 5.92 Å². The third-order valence-corrected chi connectivity index (χ3v) is 4.69. The van der Waals surface area contributed by atoms with Crippen LogP contribution in [0.3, 0.4) is 0 Å². The lowest BCUT2D eigenvalue weighted by atomic mass is 10.2. The van der Waals surface area contributed by atoms with E-state index < -0.39 is 6.10 Å². The first-order valence-electron chi connectivity index (χ1n) is 6.90. The Morgan fingerprint density at radius 3 is 2.90 bits per heavy atom.